The largest absolute Gasteiger partial charge is 0.444 e. The van der Waals surface area contributed by atoms with Crippen molar-refractivity contribution in [1.29, 1.82) is 0 Å². The monoisotopic (exact) mass is 515 g/mol. The lowest BCUT2D eigenvalue weighted by molar-refractivity contribution is -0.144. The molecule has 5 atom stereocenters. The van der Waals surface area contributed by atoms with E-state index in [1.165, 1.54) is 0 Å². The van der Waals surface area contributed by atoms with Gasteiger partial charge in [0.2, 0.25) is 11.8 Å². The molecule has 5 unspecified atom stereocenters. The molecule has 3 amide bonds. The van der Waals surface area contributed by atoms with Gasteiger partial charge in [-0.05, 0) is 83.8 Å². The number of benzene rings is 1. The third kappa shape index (κ3) is 9.04. The Balaban J connectivity index is 2.53. The number of amides is 3. The summed E-state index contributed by atoms with van der Waals surface area (Å²) in [4.78, 5) is 42.7. The highest BCUT2D eigenvalue weighted by Crippen LogP contribution is 2.41. The molecule has 0 saturated heterocycles. The fourth-order valence-electron chi connectivity index (χ4n) is 4.87. The molecule has 1 fully saturated rings. The molecule has 0 spiro atoms. The number of hydrogen-bond acceptors (Lipinski definition) is 4. The van der Waals surface area contributed by atoms with Crippen LogP contribution in [0.25, 0.3) is 0 Å². The second-order valence-corrected chi connectivity index (χ2v) is 12.3. The third-order valence-electron chi connectivity index (χ3n) is 6.73. The number of carbonyl (C=O) groups is 3. The van der Waals surface area contributed by atoms with Crippen molar-refractivity contribution in [2.45, 2.75) is 125 Å². The molecule has 7 nitrogen and oxygen atoms in total. The third-order valence-corrected chi connectivity index (χ3v) is 6.73. The maximum atomic E-state index is 14.3. The minimum Gasteiger partial charge on any atom is -0.444 e. The van der Waals surface area contributed by atoms with Crippen LogP contribution in [0.4, 0.5) is 4.79 Å². The van der Waals surface area contributed by atoms with Crippen molar-refractivity contribution in [3.8, 4) is 0 Å². The lowest BCUT2D eigenvalue weighted by atomic mass is 9.94. The van der Waals surface area contributed by atoms with E-state index in [1.807, 2.05) is 46.8 Å². The van der Waals surface area contributed by atoms with Crippen LogP contribution in [0.1, 0.15) is 104 Å². The number of aryl methyl sites for hydroxylation is 2. The van der Waals surface area contributed by atoms with Gasteiger partial charge in [-0.2, -0.15) is 0 Å². The summed E-state index contributed by atoms with van der Waals surface area (Å²) in [5.41, 5.74) is 2.20. The number of nitrogens with zero attached hydrogens (tertiary/aromatic N) is 1. The first kappa shape index (κ1) is 30.7. The summed E-state index contributed by atoms with van der Waals surface area (Å²) in [6.45, 7) is 19.6. The Morgan fingerprint density at radius 3 is 2.22 bits per heavy atom. The van der Waals surface area contributed by atoms with Crippen molar-refractivity contribution in [3.05, 3.63) is 34.9 Å². The van der Waals surface area contributed by atoms with E-state index in [0.29, 0.717) is 6.42 Å². The molecule has 0 aliphatic heterocycles. The van der Waals surface area contributed by atoms with Gasteiger partial charge in [0.05, 0.1) is 0 Å². The molecular weight excluding hydrogens is 466 g/mol. The smallest absolute Gasteiger partial charge is 0.408 e. The van der Waals surface area contributed by atoms with E-state index in [0.717, 1.165) is 36.0 Å². The summed E-state index contributed by atoms with van der Waals surface area (Å²) in [6, 6.07) is 4.35. The fraction of sp³-hybridized carbons (Fsp3) is 0.700. The van der Waals surface area contributed by atoms with E-state index < -0.39 is 23.8 Å². The zero-order chi connectivity index (χ0) is 28.1. The van der Waals surface area contributed by atoms with E-state index in [-0.39, 0.29) is 35.7 Å². The van der Waals surface area contributed by atoms with Gasteiger partial charge in [0.15, 0.2) is 0 Å². The molecule has 1 saturated carbocycles. The van der Waals surface area contributed by atoms with Crippen LogP contribution in [-0.2, 0) is 14.3 Å². The average Bonchev–Trinajstić information content (AvgIpc) is 3.45. The summed E-state index contributed by atoms with van der Waals surface area (Å²) in [5.74, 6) is 0.0118. The lowest BCUT2D eigenvalue weighted by Gasteiger charge is -2.36. The number of carbonyl (C=O) groups excluding carboxylic acids is 3. The zero-order valence-corrected chi connectivity index (χ0v) is 24.6. The molecule has 0 aromatic heterocycles. The summed E-state index contributed by atoms with van der Waals surface area (Å²) >= 11 is 0. The van der Waals surface area contributed by atoms with E-state index >= 15 is 0 Å². The van der Waals surface area contributed by atoms with Gasteiger partial charge < -0.3 is 20.3 Å². The van der Waals surface area contributed by atoms with Gasteiger partial charge in [-0.25, -0.2) is 4.79 Å². The number of alkyl carbamates (subject to hydrolysis) is 1. The Bertz CT molecular complexity index is 953. The molecule has 0 radical (unpaired) electrons. The van der Waals surface area contributed by atoms with Crippen LogP contribution in [-0.4, -0.2) is 46.5 Å². The highest BCUT2D eigenvalue weighted by Gasteiger charge is 2.48. The van der Waals surface area contributed by atoms with Crippen LogP contribution in [0, 0.1) is 25.7 Å². The zero-order valence-electron chi connectivity index (χ0n) is 24.6. The van der Waals surface area contributed by atoms with E-state index in [1.54, 1.807) is 25.7 Å². The molecule has 0 bridgehead atoms. The fourth-order valence-corrected chi connectivity index (χ4v) is 4.87. The second kappa shape index (κ2) is 12.8. The highest BCUT2D eigenvalue weighted by molar-refractivity contribution is 5.93. The van der Waals surface area contributed by atoms with Crippen LogP contribution >= 0.6 is 0 Å². The first-order valence-electron chi connectivity index (χ1n) is 13.8. The van der Waals surface area contributed by atoms with Gasteiger partial charge in [0.25, 0.3) is 0 Å². The molecule has 208 valence electrons. The molecule has 1 aromatic rings. The van der Waals surface area contributed by atoms with E-state index in [9.17, 15) is 14.4 Å². The van der Waals surface area contributed by atoms with Crippen molar-refractivity contribution in [1.82, 2.24) is 15.5 Å². The van der Waals surface area contributed by atoms with E-state index in [2.05, 4.69) is 30.5 Å². The van der Waals surface area contributed by atoms with Gasteiger partial charge in [0.1, 0.15) is 17.7 Å². The number of hydrogen-bond donors (Lipinski definition) is 2. The van der Waals surface area contributed by atoms with Gasteiger partial charge >= 0.3 is 6.09 Å². The SMILES string of the molecule is CCCC(C)NC(=O)C(c1ccc(C)cc1C)N(C(=O)C(CC(C)C)NC(=O)OC(C)(C)C)C1CC1C. The maximum Gasteiger partial charge on any atom is 0.408 e. The minimum atomic E-state index is -0.795. The summed E-state index contributed by atoms with van der Waals surface area (Å²) in [6.07, 6.45) is 2.46. The van der Waals surface area contributed by atoms with Crippen molar-refractivity contribution in [2.75, 3.05) is 0 Å². The number of rotatable bonds is 11. The van der Waals surface area contributed by atoms with Crippen molar-refractivity contribution < 1.29 is 19.1 Å². The summed E-state index contributed by atoms with van der Waals surface area (Å²) in [7, 11) is 0. The Hall–Kier alpha value is -2.57. The molecule has 7 heteroatoms. The topological polar surface area (TPSA) is 87.7 Å². The molecule has 0 heterocycles. The van der Waals surface area contributed by atoms with Gasteiger partial charge in [-0.3, -0.25) is 9.59 Å². The predicted octanol–water partition coefficient (Wildman–Crippen LogP) is 5.83. The molecular formula is C30H49N3O4. The molecule has 2 N–H and O–H groups in total. The Morgan fingerprint density at radius 1 is 1.11 bits per heavy atom. The summed E-state index contributed by atoms with van der Waals surface area (Å²) in [5, 5.41) is 5.99. The van der Waals surface area contributed by atoms with Gasteiger partial charge in [0, 0.05) is 12.1 Å². The Morgan fingerprint density at radius 2 is 1.73 bits per heavy atom. The molecule has 37 heavy (non-hydrogen) atoms. The van der Waals surface area contributed by atoms with Crippen LogP contribution in [0.5, 0.6) is 0 Å². The number of nitrogens with one attached hydrogen (secondary N) is 2. The first-order valence-corrected chi connectivity index (χ1v) is 13.8. The molecule has 2 rings (SSSR count). The van der Waals surface area contributed by atoms with Gasteiger partial charge in [-0.15, -0.1) is 0 Å². The minimum absolute atomic E-state index is 0.00863. The van der Waals surface area contributed by atoms with E-state index in [4.69, 9.17) is 4.74 Å². The van der Waals surface area contributed by atoms with Gasteiger partial charge in [-0.1, -0.05) is 57.9 Å². The maximum absolute atomic E-state index is 14.3. The Kier molecular flexibility index (Phi) is 10.6. The number of ether oxygens (including phenoxy) is 1. The second-order valence-electron chi connectivity index (χ2n) is 12.3. The van der Waals surface area contributed by atoms with Crippen LogP contribution in [0.3, 0.4) is 0 Å². The van der Waals surface area contributed by atoms with Crippen molar-refractivity contribution >= 4 is 17.9 Å². The normalized spacial score (nSPS) is 19.5. The standard InChI is InChI=1S/C30H49N3O4/c1-11-12-22(7)31-27(34)26(23-14-13-19(4)16-20(23)5)33(25-17-21(25)6)28(35)24(15-18(2)3)32-29(36)37-30(8,9)10/h13-14,16,18,21-22,24-26H,11-12,15,17H2,1-10H3,(H,31,34)(H,32,36). The van der Waals surface area contributed by atoms with Crippen LogP contribution < -0.4 is 10.6 Å². The molecule has 1 aromatic carbocycles. The Labute approximate surface area is 224 Å². The van der Waals surface area contributed by atoms with Crippen molar-refractivity contribution in [3.63, 3.8) is 0 Å². The predicted molar refractivity (Wildman–Crippen MR) is 148 cm³/mol. The molecule has 1 aliphatic carbocycles. The highest BCUT2D eigenvalue weighted by atomic mass is 16.6. The van der Waals surface area contributed by atoms with Crippen molar-refractivity contribution in [2.24, 2.45) is 11.8 Å². The molecule has 1 aliphatic rings. The first-order chi connectivity index (χ1) is 17.1. The van der Waals surface area contributed by atoms with Crippen LogP contribution in [0.2, 0.25) is 0 Å². The summed E-state index contributed by atoms with van der Waals surface area (Å²) < 4.78 is 5.48. The average molecular weight is 516 g/mol. The van der Waals surface area contributed by atoms with Crippen LogP contribution in [0.15, 0.2) is 18.2 Å². The quantitative estimate of drug-likeness (QED) is 0.388. The lowest BCUT2D eigenvalue weighted by Crippen LogP contribution is -2.55.